The van der Waals surface area contributed by atoms with Crippen LogP contribution in [0.15, 0.2) is 29.6 Å². The van der Waals surface area contributed by atoms with Crippen molar-refractivity contribution in [1.82, 2.24) is 9.59 Å². The third-order valence-corrected chi connectivity index (χ3v) is 3.48. The van der Waals surface area contributed by atoms with Gasteiger partial charge in [0.25, 0.3) is 5.91 Å². The molecule has 7 heteroatoms. The molecule has 6 nitrogen and oxygen atoms in total. The van der Waals surface area contributed by atoms with E-state index in [9.17, 15) is 4.79 Å². The Labute approximate surface area is 133 Å². The molecule has 0 spiro atoms. The highest BCUT2D eigenvalue weighted by atomic mass is 32.1. The third-order valence-electron chi connectivity index (χ3n) is 2.98. The smallest absolute Gasteiger partial charge is 0.253 e. The fourth-order valence-electron chi connectivity index (χ4n) is 1.76. The zero-order valence-corrected chi connectivity index (χ0v) is 13.4. The molecular formula is C15H19N3O3S. The average molecular weight is 321 g/mol. The van der Waals surface area contributed by atoms with E-state index >= 15 is 0 Å². The second-order valence-electron chi connectivity index (χ2n) is 4.57. The summed E-state index contributed by atoms with van der Waals surface area (Å²) < 4.78 is 14.4. The number of amides is 1. The summed E-state index contributed by atoms with van der Waals surface area (Å²) in [6, 6.07) is 7.46. The van der Waals surface area contributed by atoms with Crippen LogP contribution in [0, 0.1) is 0 Å². The number of aromatic nitrogens is 2. The number of nitrogens with zero attached hydrogens (tertiary/aromatic N) is 2. The van der Waals surface area contributed by atoms with Crippen molar-refractivity contribution in [2.75, 3.05) is 25.1 Å². The van der Waals surface area contributed by atoms with Gasteiger partial charge in [-0.05, 0) is 37.5 Å². The number of hydrogen-bond donors (Lipinski definition) is 1. The minimum Gasteiger partial charge on any atom is -0.379 e. The van der Waals surface area contributed by atoms with Crippen LogP contribution in [0.1, 0.15) is 13.8 Å². The van der Waals surface area contributed by atoms with Gasteiger partial charge in [0, 0.05) is 23.2 Å². The fraction of sp³-hybridized carbons (Fsp3) is 0.400. The number of anilines is 1. The van der Waals surface area contributed by atoms with Crippen molar-refractivity contribution < 1.29 is 14.3 Å². The van der Waals surface area contributed by atoms with E-state index < -0.39 is 6.10 Å². The molecule has 0 aliphatic rings. The molecule has 0 radical (unpaired) electrons. The molecule has 0 fully saturated rings. The minimum atomic E-state index is -0.525. The number of nitrogens with one attached hydrogen (secondary N) is 1. The van der Waals surface area contributed by atoms with Crippen LogP contribution in [0.5, 0.6) is 0 Å². The van der Waals surface area contributed by atoms with Crippen LogP contribution in [-0.4, -0.2) is 41.4 Å². The lowest BCUT2D eigenvalue weighted by atomic mass is 10.1. The van der Waals surface area contributed by atoms with Crippen molar-refractivity contribution in [3.63, 3.8) is 0 Å². The molecule has 0 aliphatic carbocycles. The van der Waals surface area contributed by atoms with Crippen molar-refractivity contribution in [1.29, 1.82) is 0 Å². The van der Waals surface area contributed by atoms with Gasteiger partial charge in [0.05, 0.1) is 13.2 Å². The first-order valence-corrected chi connectivity index (χ1v) is 7.92. The quantitative estimate of drug-likeness (QED) is 0.757. The number of hydrogen-bond acceptors (Lipinski definition) is 6. The standard InChI is InChI=1S/C15H19N3O3S/c1-3-20-8-9-21-11(2)15(19)16-13-6-4-12(5-7-13)14-10-22-18-17-14/h4-7,10-11H,3,8-9H2,1-2H3,(H,16,19). The molecule has 0 saturated heterocycles. The summed E-state index contributed by atoms with van der Waals surface area (Å²) in [7, 11) is 0. The van der Waals surface area contributed by atoms with Crippen molar-refractivity contribution >= 4 is 23.1 Å². The minimum absolute atomic E-state index is 0.181. The third kappa shape index (κ3) is 4.87. The molecule has 1 heterocycles. The van der Waals surface area contributed by atoms with Gasteiger partial charge in [0.2, 0.25) is 0 Å². The molecule has 1 aromatic heterocycles. The summed E-state index contributed by atoms with van der Waals surface area (Å²) in [6.45, 7) is 5.17. The molecule has 2 aromatic rings. The topological polar surface area (TPSA) is 73.3 Å². The first-order chi connectivity index (χ1) is 10.7. The van der Waals surface area contributed by atoms with Gasteiger partial charge in [0.1, 0.15) is 11.8 Å². The molecule has 0 aliphatic heterocycles. The molecule has 1 aromatic carbocycles. The lowest BCUT2D eigenvalue weighted by Gasteiger charge is -2.13. The van der Waals surface area contributed by atoms with Gasteiger partial charge < -0.3 is 14.8 Å². The molecule has 22 heavy (non-hydrogen) atoms. The van der Waals surface area contributed by atoms with Crippen molar-refractivity contribution in [3.8, 4) is 11.3 Å². The van der Waals surface area contributed by atoms with Crippen LogP contribution >= 0.6 is 11.5 Å². The summed E-state index contributed by atoms with van der Waals surface area (Å²) in [6.07, 6.45) is -0.525. The fourth-order valence-corrected chi connectivity index (χ4v) is 2.23. The monoisotopic (exact) mass is 321 g/mol. The average Bonchev–Trinajstić information content (AvgIpc) is 3.06. The zero-order valence-electron chi connectivity index (χ0n) is 12.6. The maximum Gasteiger partial charge on any atom is 0.253 e. The highest BCUT2D eigenvalue weighted by molar-refractivity contribution is 7.03. The Morgan fingerprint density at radius 2 is 2.09 bits per heavy atom. The zero-order chi connectivity index (χ0) is 15.8. The van der Waals surface area contributed by atoms with Crippen molar-refractivity contribution in [3.05, 3.63) is 29.6 Å². The first-order valence-electron chi connectivity index (χ1n) is 7.08. The van der Waals surface area contributed by atoms with Gasteiger partial charge >= 0.3 is 0 Å². The maximum atomic E-state index is 12.0. The number of carbonyl (C=O) groups is 1. The van der Waals surface area contributed by atoms with Gasteiger partial charge in [0.15, 0.2) is 0 Å². The van der Waals surface area contributed by atoms with E-state index in [0.29, 0.717) is 19.8 Å². The van der Waals surface area contributed by atoms with E-state index in [4.69, 9.17) is 9.47 Å². The van der Waals surface area contributed by atoms with Crippen molar-refractivity contribution in [2.45, 2.75) is 20.0 Å². The number of carbonyl (C=O) groups excluding carboxylic acids is 1. The van der Waals surface area contributed by atoms with Gasteiger partial charge in [-0.2, -0.15) is 0 Å². The molecule has 1 unspecified atom stereocenters. The lowest BCUT2D eigenvalue weighted by molar-refractivity contribution is -0.127. The first kappa shape index (κ1) is 16.5. The predicted octanol–water partition coefficient (Wildman–Crippen LogP) is 2.59. The van der Waals surface area contributed by atoms with Crippen LogP contribution in [0.3, 0.4) is 0 Å². The van der Waals surface area contributed by atoms with Gasteiger partial charge in [-0.15, -0.1) is 5.10 Å². The van der Waals surface area contributed by atoms with Crippen LogP contribution in [-0.2, 0) is 14.3 Å². The second kappa shape index (κ2) is 8.57. The van der Waals surface area contributed by atoms with Crippen LogP contribution in [0.4, 0.5) is 5.69 Å². The Balaban J connectivity index is 1.83. The number of ether oxygens (including phenoxy) is 2. The van der Waals surface area contributed by atoms with E-state index in [2.05, 4.69) is 14.9 Å². The maximum absolute atomic E-state index is 12.0. The van der Waals surface area contributed by atoms with E-state index in [1.807, 2.05) is 36.6 Å². The van der Waals surface area contributed by atoms with Gasteiger partial charge in [-0.3, -0.25) is 4.79 Å². The SMILES string of the molecule is CCOCCOC(C)C(=O)Nc1ccc(-c2csnn2)cc1. The molecule has 1 amide bonds. The number of rotatable bonds is 8. The lowest BCUT2D eigenvalue weighted by Crippen LogP contribution is -2.28. The van der Waals surface area contributed by atoms with E-state index in [-0.39, 0.29) is 5.91 Å². The Morgan fingerprint density at radius 3 is 2.73 bits per heavy atom. The highest BCUT2D eigenvalue weighted by Crippen LogP contribution is 2.20. The molecular weight excluding hydrogens is 302 g/mol. The van der Waals surface area contributed by atoms with E-state index in [1.165, 1.54) is 11.5 Å². The van der Waals surface area contributed by atoms with Crippen LogP contribution in [0.25, 0.3) is 11.3 Å². The normalized spacial score (nSPS) is 12.1. The largest absolute Gasteiger partial charge is 0.379 e. The molecule has 1 atom stereocenters. The summed E-state index contributed by atoms with van der Waals surface area (Å²) >= 11 is 1.31. The Hall–Kier alpha value is -1.83. The molecule has 118 valence electrons. The number of benzene rings is 1. The predicted molar refractivity (Wildman–Crippen MR) is 85.9 cm³/mol. The van der Waals surface area contributed by atoms with E-state index in [0.717, 1.165) is 16.9 Å². The highest BCUT2D eigenvalue weighted by Gasteiger charge is 2.13. The van der Waals surface area contributed by atoms with Crippen LogP contribution < -0.4 is 5.32 Å². The Bertz CT molecular complexity index is 572. The second-order valence-corrected chi connectivity index (χ2v) is 5.18. The van der Waals surface area contributed by atoms with Crippen LogP contribution in [0.2, 0.25) is 0 Å². The molecule has 2 rings (SSSR count). The van der Waals surface area contributed by atoms with Gasteiger partial charge in [-0.1, -0.05) is 16.6 Å². The Kier molecular flexibility index (Phi) is 6.45. The molecule has 0 bridgehead atoms. The summed E-state index contributed by atoms with van der Waals surface area (Å²) in [4.78, 5) is 12.0. The van der Waals surface area contributed by atoms with Gasteiger partial charge in [-0.25, -0.2) is 0 Å². The Morgan fingerprint density at radius 1 is 1.32 bits per heavy atom. The van der Waals surface area contributed by atoms with E-state index in [1.54, 1.807) is 6.92 Å². The molecule has 1 N–H and O–H groups in total. The summed E-state index contributed by atoms with van der Waals surface area (Å²) in [5, 5.41) is 8.70. The molecule has 0 saturated carbocycles. The van der Waals surface area contributed by atoms with Crippen molar-refractivity contribution in [2.24, 2.45) is 0 Å². The summed E-state index contributed by atoms with van der Waals surface area (Å²) in [5.41, 5.74) is 2.51. The summed E-state index contributed by atoms with van der Waals surface area (Å²) in [5.74, 6) is -0.181.